The average molecular weight is 457 g/mol. The summed E-state index contributed by atoms with van der Waals surface area (Å²) in [5.41, 5.74) is 6.82. The molecule has 1 atom stereocenters. The van der Waals surface area contributed by atoms with Gasteiger partial charge < -0.3 is 11.1 Å². The summed E-state index contributed by atoms with van der Waals surface area (Å²) < 4.78 is 30.2. The number of nitriles is 1. The van der Waals surface area contributed by atoms with Gasteiger partial charge in [0.25, 0.3) is 15.7 Å². The van der Waals surface area contributed by atoms with Gasteiger partial charge in [-0.15, -0.1) is 4.40 Å². The van der Waals surface area contributed by atoms with Gasteiger partial charge in [-0.25, -0.2) is 4.90 Å². The van der Waals surface area contributed by atoms with Crippen LogP contribution in [0.5, 0.6) is 0 Å². The van der Waals surface area contributed by atoms with Gasteiger partial charge in [0, 0.05) is 12.1 Å². The fourth-order valence-electron chi connectivity index (χ4n) is 3.56. The van der Waals surface area contributed by atoms with Crippen molar-refractivity contribution >= 4 is 32.9 Å². The number of hydrogen-bond donors (Lipinski definition) is 2. The van der Waals surface area contributed by atoms with E-state index in [1.54, 1.807) is 18.2 Å². The van der Waals surface area contributed by atoms with Crippen LogP contribution < -0.4 is 16.0 Å². The third-order valence-electron chi connectivity index (χ3n) is 5.18. The summed E-state index contributed by atoms with van der Waals surface area (Å²) in [6, 6.07) is 9.77. The lowest BCUT2D eigenvalue weighted by Gasteiger charge is -2.19. The minimum Gasteiger partial charge on any atom is -0.385 e. The third-order valence-corrected chi connectivity index (χ3v) is 6.51. The minimum atomic E-state index is -4.45. The van der Waals surface area contributed by atoms with E-state index in [0.717, 1.165) is 41.9 Å². The predicted molar refractivity (Wildman–Crippen MR) is 121 cm³/mol. The molecule has 0 aliphatic carbocycles. The lowest BCUT2D eigenvalue weighted by Crippen LogP contribution is -2.41. The van der Waals surface area contributed by atoms with E-state index >= 15 is 0 Å². The van der Waals surface area contributed by atoms with Crippen LogP contribution in [0.2, 0.25) is 0 Å². The average Bonchev–Trinajstić information content (AvgIpc) is 3.04. The van der Waals surface area contributed by atoms with E-state index in [9.17, 15) is 23.8 Å². The quantitative estimate of drug-likeness (QED) is 0.168. The molecule has 1 saturated heterocycles. The van der Waals surface area contributed by atoms with Crippen molar-refractivity contribution in [3.63, 3.8) is 0 Å². The Morgan fingerprint density at radius 1 is 1.28 bits per heavy atom. The number of amidine groups is 1. The summed E-state index contributed by atoms with van der Waals surface area (Å²) in [4.78, 5) is 11.2. The number of benzene rings is 2. The van der Waals surface area contributed by atoms with Crippen molar-refractivity contribution in [2.75, 3.05) is 11.4 Å². The molecule has 1 fully saturated rings. The van der Waals surface area contributed by atoms with Crippen LogP contribution in [0.25, 0.3) is 0 Å². The highest BCUT2D eigenvalue weighted by Gasteiger charge is 2.27. The number of nitrogens with two attached hydrogens (primary N) is 1. The maximum Gasteiger partial charge on any atom is 0.286 e. The standard InChI is InChI=1S/C21H24N6O4S/c1-15-6-5-7-16(12-15)26(14-22)19-10-9-17(27(28)29)13-20(19)32(30,31)25-21(23)18-8-3-2-4-11-24-18/h5-7,9-10,12-13,18,24H,2-4,8,11H2,1H3,(H2,23,25). The Morgan fingerprint density at radius 2 is 2.06 bits per heavy atom. The molecule has 0 saturated carbocycles. The molecule has 11 heteroatoms. The molecule has 2 aromatic rings. The number of sulfonamides is 1. The van der Waals surface area contributed by atoms with E-state index in [4.69, 9.17) is 5.73 Å². The van der Waals surface area contributed by atoms with Crippen molar-refractivity contribution < 1.29 is 13.3 Å². The number of non-ortho nitro benzene ring substituents is 1. The van der Waals surface area contributed by atoms with Crippen LogP contribution in [0.15, 0.2) is 51.8 Å². The molecular weight excluding hydrogens is 432 g/mol. The Balaban J connectivity index is 2.12. The summed E-state index contributed by atoms with van der Waals surface area (Å²) in [5.74, 6) is -0.108. The van der Waals surface area contributed by atoms with Crippen LogP contribution in [-0.2, 0) is 10.0 Å². The summed E-state index contributed by atoms with van der Waals surface area (Å²) in [6.45, 7) is 2.52. The Bertz CT molecular complexity index is 1180. The zero-order valence-electron chi connectivity index (χ0n) is 17.6. The fraction of sp³-hybridized carbons (Fsp3) is 0.333. The molecule has 0 bridgehead atoms. The van der Waals surface area contributed by atoms with E-state index in [1.807, 2.05) is 19.2 Å². The lowest BCUT2D eigenvalue weighted by molar-refractivity contribution is -0.385. The van der Waals surface area contributed by atoms with Crippen molar-refractivity contribution in [3.8, 4) is 6.19 Å². The SMILES string of the molecule is Cc1cccc(N(C#N)c2ccc([N+](=O)[O-])cc2S(=O)(=O)N=C(N)C2CCCCCN2)c1. The predicted octanol–water partition coefficient (Wildman–Crippen LogP) is 3.10. The number of nitrogens with one attached hydrogen (secondary N) is 1. The number of nitro benzene ring substituents is 1. The van der Waals surface area contributed by atoms with Gasteiger partial charge in [-0.3, -0.25) is 10.1 Å². The maximum absolute atomic E-state index is 13.2. The first-order chi connectivity index (χ1) is 15.2. The van der Waals surface area contributed by atoms with Gasteiger partial charge in [-0.2, -0.15) is 13.7 Å². The molecule has 1 aliphatic rings. The number of nitro groups is 1. The topological polar surface area (TPSA) is 155 Å². The van der Waals surface area contributed by atoms with Crippen molar-refractivity contribution in [3.05, 3.63) is 58.1 Å². The highest BCUT2D eigenvalue weighted by Crippen LogP contribution is 2.35. The molecule has 0 amide bonds. The summed E-state index contributed by atoms with van der Waals surface area (Å²) in [6.07, 6.45) is 5.44. The Labute approximate surface area is 186 Å². The van der Waals surface area contributed by atoms with Crippen LogP contribution >= 0.6 is 0 Å². The molecule has 0 spiro atoms. The van der Waals surface area contributed by atoms with E-state index in [-0.39, 0.29) is 11.5 Å². The van der Waals surface area contributed by atoms with Crippen LogP contribution in [0.3, 0.4) is 0 Å². The van der Waals surface area contributed by atoms with Gasteiger partial charge in [0.2, 0.25) is 0 Å². The first kappa shape index (κ1) is 23.2. The first-order valence-corrected chi connectivity index (χ1v) is 11.6. The Hall–Kier alpha value is -3.49. The van der Waals surface area contributed by atoms with E-state index in [0.29, 0.717) is 18.7 Å². The second kappa shape index (κ2) is 9.76. The molecule has 1 heterocycles. The van der Waals surface area contributed by atoms with Gasteiger partial charge in [0.05, 0.1) is 22.3 Å². The zero-order chi connectivity index (χ0) is 23.3. The summed E-state index contributed by atoms with van der Waals surface area (Å²) >= 11 is 0. The molecule has 1 aliphatic heterocycles. The third kappa shape index (κ3) is 5.22. The summed E-state index contributed by atoms with van der Waals surface area (Å²) in [7, 11) is -4.45. The van der Waals surface area contributed by atoms with Gasteiger partial charge in [0.1, 0.15) is 10.7 Å². The van der Waals surface area contributed by atoms with Crippen molar-refractivity contribution in [2.24, 2.45) is 10.1 Å². The zero-order valence-corrected chi connectivity index (χ0v) is 18.4. The molecule has 2 aromatic carbocycles. The molecule has 32 heavy (non-hydrogen) atoms. The van der Waals surface area contributed by atoms with Gasteiger partial charge in [-0.1, -0.05) is 25.0 Å². The van der Waals surface area contributed by atoms with Crippen LogP contribution in [-0.4, -0.2) is 31.8 Å². The van der Waals surface area contributed by atoms with E-state index in [2.05, 4.69) is 9.71 Å². The van der Waals surface area contributed by atoms with Crippen LogP contribution in [0, 0.1) is 28.5 Å². The second-order valence-corrected chi connectivity index (χ2v) is 9.10. The molecule has 1 unspecified atom stereocenters. The molecule has 0 radical (unpaired) electrons. The molecular formula is C21H24N6O4S. The number of hydrogen-bond acceptors (Lipinski definition) is 7. The largest absolute Gasteiger partial charge is 0.385 e. The van der Waals surface area contributed by atoms with Crippen molar-refractivity contribution in [2.45, 2.75) is 43.5 Å². The lowest BCUT2D eigenvalue weighted by atomic mass is 10.1. The molecule has 10 nitrogen and oxygen atoms in total. The van der Waals surface area contributed by atoms with Crippen LogP contribution in [0.1, 0.15) is 31.2 Å². The number of aryl methyl sites for hydroxylation is 1. The normalized spacial score (nSPS) is 17.2. The maximum atomic E-state index is 13.2. The monoisotopic (exact) mass is 456 g/mol. The number of rotatable bonds is 6. The van der Waals surface area contributed by atoms with E-state index in [1.165, 1.54) is 6.07 Å². The smallest absolute Gasteiger partial charge is 0.286 e. The molecule has 3 rings (SSSR count). The number of anilines is 2. The Morgan fingerprint density at radius 3 is 2.75 bits per heavy atom. The van der Waals surface area contributed by atoms with Crippen LogP contribution in [0.4, 0.5) is 17.1 Å². The summed E-state index contributed by atoms with van der Waals surface area (Å²) in [5, 5.41) is 24.3. The highest BCUT2D eigenvalue weighted by atomic mass is 32.2. The molecule has 0 aromatic heterocycles. The van der Waals surface area contributed by atoms with Gasteiger partial charge >= 0.3 is 0 Å². The number of nitrogens with zero attached hydrogens (tertiary/aromatic N) is 4. The Kier molecular flexibility index (Phi) is 7.07. The van der Waals surface area contributed by atoms with E-state index < -0.39 is 31.6 Å². The van der Waals surface area contributed by atoms with Crippen molar-refractivity contribution in [1.82, 2.24) is 5.32 Å². The second-order valence-electron chi connectivity index (χ2n) is 7.53. The van der Waals surface area contributed by atoms with Gasteiger partial charge in [-0.05, 0) is 50.1 Å². The molecule has 3 N–H and O–H groups in total. The van der Waals surface area contributed by atoms with Crippen molar-refractivity contribution in [1.29, 1.82) is 5.26 Å². The first-order valence-electron chi connectivity index (χ1n) is 10.1. The van der Waals surface area contributed by atoms with Gasteiger partial charge in [0.15, 0.2) is 6.19 Å². The highest BCUT2D eigenvalue weighted by molar-refractivity contribution is 7.90. The fourth-order valence-corrected chi connectivity index (χ4v) is 4.75. The molecule has 168 valence electrons. The minimum absolute atomic E-state index is 0.0472.